The topological polar surface area (TPSA) is 46.2 Å². The normalized spacial score (nSPS) is 26.1. The van der Waals surface area contributed by atoms with E-state index in [0.29, 0.717) is 29.6 Å². The lowest BCUT2D eigenvalue weighted by molar-refractivity contribution is 0.538. The summed E-state index contributed by atoms with van der Waals surface area (Å²) in [7, 11) is -2.74. The molecule has 1 saturated heterocycles. The summed E-state index contributed by atoms with van der Waals surface area (Å²) >= 11 is 5.54. The first-order valence-corrected chi connectivity index (χ1v) is 6.44. The second kappa shape index (κ2) is 4.44. The van der Waals surface area contributed by atoms with Gasteiger partial charge in [-0.3, -0.25) is 0 Å². The second-order valence-corrected chi connectivity index (χ2v) is 6.18. The zero-order valence-corrected chi connectivity index (χ0v) is 9.00. The molecular formula is C8H14ClNO2S. The van der Waals surface area contributed by atoms with Gasteiger partial charge in [-0.05, 0) is 18.9 Å². The molecule has 0 aromatic rings. The molecule has 1 heterocycles. The average molecular weight is 224 g/mol. The molecular weight excluding hydrogens is 210 g/mol. The van der Waals surface area contributed by atoms with E-state index in [9.17, 15) is 8.42 Å². The molecule has 0 spiro atoms. The quantitative estimate of drug-likeness (QED) is 0.766. The summed E-state index contributed by atoms with van der Waals surface area (Å²) in [6, 6.07) is 0. The highest BCUT2D eigenvalue weighted by Crippen LogP contribution is 2.17. The molecule has 0 aromatic carbocycles. The van der Waals surface area contributed by atoms with Crippen LogP contribution < -0.4 is 5.32 Å². The van der Waals surface area contributed by atoms with Crippen LogP contribution in [-0.4, -0.2) is 33.0 Å². The molecule has 5 heteroatoms. The zero-order chi connectivity index (χ0) is 9.90. The lowest BCUT2D eigenvalue weighted by atomic mass is 10.1. The van der Waals surface area contributed by atoms with E-state index in [1.54, 1.807) is 0 Å². The summed E-state index contributed by atoms with van der Waals surface area (Å²) in [6.45, 7) is 4.80. The highest BCUT2D eigenvalue weighted by Gasteiger charge is 2.27. The smallest absolute Gasteiger partial charge is 0.150 e. The molecule has 1 unspecified atom stereocenters. The maximum absolute atomic E-state index is 11.1. The van der Waals surface area contributed by atoms with Gasteiger partial charge in [0.15, 0.2) is 9.84 Å². The standard InChI is InChI=1S/C8H14ClNO2S/c1-7(9)4-10-5-8-2-3-13(11,12)6-8/h8,10H,1-6H2. The van der Waals surface area contributed by atoms with Crippen LogP contribution in [0.15, 0.2) is 11.6 Å². The van der Waals surface area contributed by atoms with Gasteiger partial charge in [-0.2, -0.15) is 0 Å². The van der Waals surface area contributed by atoms with Crippen molar-refractivity contribution < 1.29 is 8.42 Å². The van der Waals surface area contributed by atoms with Crippen molar-refractivity contribution >= 4 is 21.4 Å². The van der Waals surface area contributed by atoms with E-state index in [2.05, 4.69) is 11.9 Å². The summed E-state index contributed by atoms with van der Waals surface area (Å²) in [5, 5.41) is 3.62. The Hall–Kier alpha value is -0.0600. The summed E-state index contributed by atoms with van der Waals surface area (Å²) < 4.78 is 22.1. The van der Waals surface area contributed by atoms with Crippen molar-refractivity contribution in [1.29, 1.82) is 0 Å². The molecule has 1 atom stereocenters. The Morgan fingerprint density at radius 1 is 1.62 bits per heavy atom. The number of sulfone groups is 1. The van der Waals surface area contributed by atoms with E-state index >= 15 is 0 Å². The molecule has 0 aliphatic carbocycles. The average Bonchev–Trinajstić information content (AvgIpc) is 2.29. The third kappa shape index (κ3) is 4.11. The van der Waals surface area contributed by atoms with Gasteiger partial charge in [-0.15, -0.1) is 0 Å². The Bertz CT molecular complexity index is 287. The van der Waals surface area contributed by atoms with Crippen LogP contribution in [0.1, 0.15) is 6.42 Å². The monoisotopic (exact) mass is 223 g/mol. The molecule has 76 valence electrons. The van der Waals surface area contributed by atoms with E-state index in [0.717, 1.165) is 6.42 Å². The van der Waals surface area contributed by atoms with E-state index in [-0.39, 0.29) is 5.92 Å². The van der Waals surface area contributed by atoms with Crippen LogP contribution >= 0.6 is 11.6 Å². The van der Waals surface area contributed by atoms with E-state index in [4.69, 9.17) is 11.6 Å². The third-order valence-electron chi connectivity index (χ3n) is 2.08. The molecule has 0 radical (unpaired) electrons. The molecule has 0 saturated carbocycles. The van der Waals surface area contributed by atoms with Crippen molar-refractivity contribution in [1.82, 2.24) is 5.32 Å². The minimum Gasteiger partial charge on any atom is -0.311 e. The molecule has 0 bridgehead atoms. The van der Waals surface area contributed by atoms with Crippen LogP contribution in [0.4, 0.5) is 0 Å². The van der Waals surface area contributed by atoms with Crippen LogP contribution in [0.3, 0.4) is 0 Å². The fourth-order valence-electron chi connectivity index (χ4n) is 1.44. The maximum atomic E-state index is 11.1. The first-order valence-electron chi connectivity index (χ1n) is 4.24. The van der Waals surface area contributed by atoms with Crippen molar-refractivity contribution in [3.8, 4) is 0 Å². The maximum Gasteiger partial charge on any atom is 0.150 e. The van der Waals surface area contributed by atoms with Crippen molar-refractivity contribution in [2.24, 2.45) is 5.92 Å². The van der Waals surface area contributed by atoms with Gasteiger partial charge in [0.25, 0.3) is 0 Å². The Balaban J connectivity index is 2.22. The van der Waals surface area contributed by atoms with E-state index < -0.39 is 9.84 Å². The largest absolute Gasteiger partial charge is 0.311 e. The third-order valence-corrected chi connectivity index (χ3v) is 4.05. The minimum absolute atomic E-state index is 0.251. The molecule has 1 fully saturated rings. The number of nitrogens with one attached hydrogen (secondary N) is 1. The number of hydrogen-bond acceptors (Lipinski definition) is 3. The molecule has 13 heavy (non-hydrogen) atoms. The van der Waals surface area contributed by atoms with Crippen LogP contribution in [-0.2, 0) is 9.84 Å². The lowest BCUT2D eigenvalue weighted by Crippen LogP contribution is -2.24. The van der Waals surface area contributed by atoms with Crippen LogP contribution in [0.5, 0.6) is 0 Å². The molecule has 0 aromatic heterocycles. The van der Waals surface area contributed by atoms with Crippen LogP contribution in [0, 0.1) is 5.92 Å². The lowest BCUT2D eigenvalue weighted by Gasteiger charge is -2.07. The summed E-state index contributed by atoms with van der Waals surface area (Å²) in [5.74, 6) is 0.900. The fourth-order valence-corrected chi connectivity index (χ4v) is 3.40. The molecule has 1 aliphatic heterocycles. The summed E-state index contributed by atoms with van der Waals surface area (Å²) in [4.78, 5) is 0. The van der Waals surface area contributed by atoms with Crippen molar-refractivity contribution in [2.45, 2.75) is 6.42 Å². The number of hydrogen-bond donors (Lipinski definition) is 1. The molecule has 3 nitrogen and oxygen atoms in total. The Morgan fingerprint density at radius 2 is 2.31 bits per heavy atom. The second-order valence-electron chi connectivity index (χ2n) is 3.42. The van der Waals surface area contributed by atoms with Crippen LogP contribution in [0.25, 0.3) is 0 Å². The van der Waals surface area contributed by atoms with Gasteiger partial charge in [-0.25, -0.2) is 8.42 Å². The Kier molecular flexibility index (Phi) is 3.76. The van der Waals surface area contributed by atoms with Gasteiger partial charge in [0.2, 0.25) is 0 Å². The first kappa shape index (κ1) is 11.0. The molecule has 0 amide bonds. The number of halogens is 1. The predicted octanol–water partition coefficient (Wildman–Crippen LogP) is 0.763. The van der Waals surface area contributed by atoms with Crippen molar-refractivity contribution in [3.05, 3.63) is 11.6 Å². The molecule has 1 N–H and O–H groups in total. The van der Waals surface area contributed by atoms with E-state index in [1.807, 2.05) is 0 Å². The summed E-state index contributed by atoms with van der Waals surface area (Å²) in [6.07, 6.45) is 0.768. The van der Waals surface area contributed by atoms with E-state index in [1.165, 1.54) is 0 Å². The SMILES string of the molecule is C=C(Cl)CNCC1CCS(=O)(=O)C1. The minimum atomic E-state index is -2.74. The number of rotatable bonds is 4. The predicted molar refractivity (Wildman–Crippen MR) is 54.6 cm³/mol. The summed E-state index contributed by atoms with van der Waals surface area (Å²) in [5.41, 5.74) is 0. The van der Waals surface area contributed by atoms with Gasteiger partial charge in [0.05, 0.1) is 11.5 Å². The van der Waals surface area contributed by atoms with Crippen molar-refractivity contribution in [3.63, 3.8) is 0 Å². The van der Waals surface area contributed by atoms with Gasteiger partial charge < -0.3 is 5.32 Å². The highest BCUT2D eigenvalue weighted by molar-refractivity contribution is 7.91. The van der Waals surface area contributed by atoms with Crippen molar-refractivity contribution in [2.75, 3.05) is 24.6 Å². The van der Waals surface area contributed by atoms with Gasteiger partial charge in [0.1, 0.15) is 0 Å². The van der Waals surface area contributed by atoms with Crippen LogP contribution in [0.2, 0.25) is 0 Å². The van der Waals surface area contributed by atoms with Gasteiger partial charge in [0, 0.05) is 11.6 Å². The zero-order valence-electron chi connectivity index (χ0n) is 7.42. The molecule has 1 aliphatic rings. The first-order chi connectivity index (χ1) is 5.99. The Labute approximate surface area is 84.1 Å². The van der Waals surface area contributed by atoms with Gasteiger partial charge >= 0.3 is 0 Å². The van der Waals surface area contributed by atoms with Gasteiger partial charge in [-0.1, -0.05) is 18.2 Å². The fraction of sp³-hybridized carbons (Fsp3) is 0.750. The Morgan fingerprint density at radius 3 is 2.77 bits per heavy atom. The molecule has 1 rings (SSSR count). The highest BCUT2D eigenvalue weighted by atomic mass is 35.5.